The Kier molecular flexibility index (Phi) is 6.27. The molecule has 2 rings (SSSR count). The van der Waals surface area contributed by atoms with Gasteiger partial charge in [-0.25, -0.2) is 0 Å². The fraction of sp³-hybridized carbons (Fsp3) is 0.529. The van der Waals surface area contributed by atoms with Crippen LogP contribution in [0.1, 0.15) is 30.1 Å². The lowest BCUT2D eigenvalue weighted by Crippen LogP contribution is -2.42. The molecule has 1 aromatic rings. The van der Waals surface area contributed by atoms with Crippen LogP contribution in [0.25, 0.3) is 0 Å². The summed E-state index contributed by atoms with van der Waals surface area (Å²) in [5.74, 6) is -0.463. The highest BCUT2D eigenvalue weighted by Gasteiger charge is 2.28. The highest BCUT2D eigenvalue weighted by molar-refractivity contribution is 6.00. The molecule has 1 aromatic carbocycles. The molecule has 1 aliphatic heterocycles. The van der Waals surface area contributed by atoms with Crippen molar-refractivity contribution in [1.82, 2.24) is 10.2 Å². The first-order chi connectivity index (χ1) is 11.8. The summed E-state index contributed by atoms with van der Waals surface area (Å²) in [5.41, 5.74) is 0.409. The molecule has 1 unspecified atom stereocenters. The average molecular weight is 357 g/mol. The van der Waals surface area contributed by atoms with Crippen LogP contribution in [0.2, 0.25) is 0 Å². The van der Waals surface area contributed by atoms with Gasteiger partial charge < -0.3 is 15.5 Å². The zero-order valence-corrected chi connectivity index (χ0v) is 14.0. The quantitative estimate of drug-likeness (QED) is 0.852. The SMILES string of the molecule is CC1CCCN(C(=O)CNc2ccccc2C(=O)NCC(F)(F)F)C1. The third-order valence-electron chi connectivity index (χ3n) is 4.06. The van der Waals surface area contributed by atoms with Crippen molar-refractivity contribution in [2.45, 2.75) is 25.9 Å². The molecule has 8 heteroatoms. The van der Waals surface area contributed by atoms with Crippen molar-refractivity contribution in [3.8, 4) is 0 Å². The number of hydrogen-bond donors (Lipinski definition) is 2. The second-order valence-electron chi connectivity index (χ2n) is 6.28. The standard InChI is InChI=1S/C17H22F3N3O2/c1-12-5-4-8-23(10-12)15(24)9-21-14-7-3-2-6-13(14)16(25)22-11-17(18,19)20/h2-3,6-7,12,21H,4-5,8-11H2,1H3,(H,22,25). The maximum absolute atomic E-state index is 12.3. The highest BCUT2D eigenvalue weighted by Crippen LogP contribution is 2.18. The van der Waals surface area contributed by atoms with Gasteiger partial charge in [0, 0.05) is 18.8 Å². The second kappa shape index (κ2) is 8.22. The molecule has 0 radical (unpaired) electrons. The van der Waals surface area contributed by atoms with Gasteiger partial charge in [0.05, 0.1) is 12.1 Å². The molecule has 138 valence electrons. The van der Waals surface area contributed by atoms with E-state index in [9.17, 15) is 22.8 Å². The third kappa shape index (κ3) is 5.95. The van der Waals surface area contributed by atoms with Crippen LogP contribution in [0, 0.1) is 5.92 Å². The largest absolute Gasteiger partial charge is 0.405 e. The molecule has 25 heavy (non-hydrogen) atoms. The van der Waals surface area contributed by atoms with Gasteiger partial charge in [-0.3, -0.25) is 9.59 Å². The Balaban J connectivity index is 1.96. The van der Waals surface area contributed by atoms with E-state index in [4.69, 9.17) is 0 Å². The first-order valence-electron chi connectivity index (χ1n) is 8.22. The summed E-state index contributed by atoms with van der Waals surface area (Å²) in [6.07, 6.45) is -2.41. The molecule has 1 atom stereocenters. The molecular formula is C17H22F3N3O2. The number of carbonyl (C=O) groups is 2. The predicted molar refractivity (Wildman–Crippen MR) is 88.3 cm³/mol. The van der Waals surface area contributed by atoms with Crippen molar-refractivity contribution in [2.75, 3.05) is 31.5 Å². The Labute approximate surface area is 144 Å². The number of nitrogens with zero attached hydrogens (tertiary/aromatic N) is 1. The molecule has 1 aliphatic rings. The van der Waals surface area contributed by atoms with E-state index in [1.807, 2.05) is 5.32 Å². The number of piperidine rings is 1. The molecule has 0 spiro atoms. The number of benzene rings is 1. The topological polar surface area (TPSA) is 61.4 Å². The number of carbonyl (C=O) groups excluding carboxylic acids is 2. The van der Waals surface area contributed by atoms with Gasteiger partial charge in [0.15, 0.2) is 0 Å². The van der Waals surface area contributed by atoms with Crippen molar-refractivity contribution in [3.63, 3.8) is 0 Å². The molecule has 1 heterocycles. The Morgan fingerprint density at radius 3 is 2.68 bits per heavy atom. The maximum Gasteiger partial charge on any atom is 0.405 e. The number of halogens is 3. The molecule has 2 N–H and O–H groups in total. The van der Waals surface area contributed by atoms with E-state index < -0.39 is 18.6 Å². The van der Waals surface area contributed by atoms with Gasteiger partial charge in [-0.05, 0) is 30.9 Å². The van der Waals surface area contributed by atoms with Gasteiger partial charge in [0.2, 0.25) is 5.91 Å². The van der Waals surface area contributed by atoms with Crippen LogP contribution in [-0.2, 0) is 4.79 Å². The van der Waals surface area contributed by atoms with Crippen molar-refractivity contribution in [1.29, 1.82) is 0 Å². The maximum atomic E-state index is 12.3. The smallest absolute Gasteiger partial charge is 0.376 e. The molecule has 0 aliphatic carbocycles. The number of alkyl halides is 3. The Morgan fingerprint density at radius 2 is 2.00 bits per heavy atom. The lowest BCUT2D eigenvalue weighted by atomic mass is 10.0. The van der Waals surface area contributed by atoms with Crippen LogP contribution in [0.5, 0.6) is 0 Å². The number of likely N-dealkylation sites (tertiary alicyclic amines) is 1. The van der Waals surface area contributed by atoms with Crippen LogP contribution < -0.4 is 10.6 Å². The van der Waals surface area contributed by atoms with Crippen molar-refractivity contribution in [3.05, 3.63) is 29.8 Å². The van der Waals surface area contributed by atoms with Crippen LogP contribution in [-0.4, -0.2) is 49.1 Å². The zero-order chi connectivity index (χ0) is 18.4. The third-order valence-corrected chi connectivity index (χ3v) is 4.06. The summed E-state index contributed by atoms with van der Waals surface area (Å²) < 4.78 is 36.7. The summed E-state index contributed by atoms with van der Waals surface area (Å²) in [7, 11) is 0. The lowest BCUT2D eigenvalue weighted by Gasteiger charge is -2.31. The number of amides is 2. The first-order valence-corrected chi connectivity index (χ1v) is 8.22. The molecule has 2 amide bonds. The summed E-state index contributed by atoms with van der Waals surface area (Å²) in [4.78, 5) is 26.0. The van der Waals surface area contributed by atoms with E-state index in [0.29, 0.717) is 24.7 Å². The number of nitrogens with one attached hydrogen (secondary N) is 2. The van der Waals surface area contributed by atoms with Crippen LogP contribution in [0.4, 0.5) is 18.9 Å². The van der Waals surface area contributed by atoms with Gasteiger partial charge in [-0.15, -0.1) is 0 Å². The Bertz CT molecular complexity index is 619. The molecule has 1 fully saturated rings. The monoisotopic (exact) mass is 357 g/mol. The van der Waals surface area contributed by atoms with E-state index in [0.717, 1.165) is 12.8 Å². The van der Waals surface area contributed by atoms with Crippen molar-refractivity contribution >= 4 is 17.5 Å². The molecule has 0 bridgehead atoms. The van der Waals surface area contributed by atoms with Crippen molar-refractivity contribution < 1.29 is 22.8 Å². The van der Waals surface area contributed by atoms with E-state index in [2.05, 4.69) is 12.2 Å². The highest BCUT2D eigenvalue weighted by atomic mass is 19.4. The second-order valence-corrected chi connectivity index (χ2v) is 6.28. The van der Waals surface area contributed by atoms with Gasteiger partial charge in [0.1, 0.15) is 6.54 Å². The van der Waals surface area contributed by atoms with Gasteiger partial charge in [-0.2, -0.15) is 13.2 Å². The fourth-order valence-corrected chi connectivity index (χ4v) is 2.81. The number of hydrogen-bond acceptors (Lipinski definition) is 3. The van der Waals surface area contributed by atoms with Crippen LogP contribution in [0.15, 0.2) is 24.3 Å². The van der Waals surface area contributed by atoms with E-state index >= 15 is 0 Å². The minimum Gasteiger partial charge on any atom is -0.376 e. The first kappa shape index (κ1) is 19.1. The summed E-state index contributed by atoms with van der Waals surface area (Å²) in [6, 6.07) is 6.19. The van der Waals surface area contributed by atoms with Crippen LogP contribution in [0.3, 0.4) is 0 Å². The van der Waals surface area contributed by atoms with E-state index in [1.54, 1.807) is 23.1 Å². The lowest BCUT2D eigenvalue weighted by molar-refractivity contribution is -0.131. The number of anilines is 1. The van der Waals surface area contributed by atoms with Crippen LogP contribution >= 0.6 is 0 Å². The molecule has 0 aromatic heterocycles. The fourth-order valence-electron chi connectivity index (χ4n) is 2.81. The van der Waals surface area contributed by atoms with E-state index in [1.165, 1.54) is 6.07 Å². The minimum absolute atomic E-state index is 0.00369. The van der Waals surface area contributed by atoms with Gasteiger partial charge in [0.25, 0.3) is 5.91 Å². The van der Waals surface area contributed by atoms with Crippen molar-refractivity contribution in [2.24, 2.45) is 5.92 Å². The van der Waals surface area contributed by atoms with E-state index in [-0.39, 0.29) is 18.0 Å². The summed E-state index contributed by atoms with van der Waals surface area (Å²) in [6.45, 7) is 2.10. The minimum atomic E-state index is -4.47. The molecule has 0 saturated carbocycles. The Hall–Kier alpha value is -2.25. The van der Waals surface area contributed by atoms with Gasteiger partial charge in [-0.1, -0.05) is 19.1 Å². The number of rotatable bonds is 5. The molecule has 5 nitrogen and oxygen atoms in total. The molecular weight excluding hydrogens is 335 g/mol. The average Bonchev–Trinajstić information content (AvgIpc) is 2.57. The Morgan fingerprint density at radius 1 is 1.28 bits per heavy atom. The normalized spacial score (nSPS) is 17.9. The number of para-hydroxylation sites is 1. The van der Waals surface area contributed by atoms with Gasteiger partial charge >= 0.3 is 6.18 Å². The predicted octanol–water partition coefficient (Wildman–Crippen LogP) is 2.65. The summed E-state index contributed by atoms with van der Waals surface area (Å²) >= 11 is 0. The zero-order valence-electron chi connectivity index (χ0n) is 14.0. The summed E-state index contributed by atoms with van der Waals surface area (Å²) in [5, 5.41) is 4.71. The molecule has 1 saturated heterocycles.